The Morgan fingerprint density at radius 2 is 1.73 bits per heavy atom. The maximum atomic E-state index is 6.92. The average Bonchev–Trinajstić information content (AvgIpc) is 3.16. The largest absolute Gasteiger partial charge is 0.349 e. The van der Waals surface area contributed by atoms with Crippen molar-refractivity contribution in [3.8, 4) is 0 Å². The Bertz CT molecular complexity index is 733. The predicted molar refractivity (Wildman–Crippen MR) is 121 cm³/mol. The number of hydrogen-bond donors (Lipinski definition) is 0. The van der Waals surface area contributed by atoms with Crippen molar-refractivity contribution in [1.29, 1.82) is 0 Å². The van der Waals surface area contributed by atoms with E-state index in [0.29, 0.717) is 34.7 Å². The van der Waals surface area contributed by atoms with E-state index in [-0.39, 0.29) is 5.79 Å². The molecule has 30 heavy (non-hydrogen) atoms. The second kappa shape index (κ2) is 6.60. The molecule has 3 saturated carbocycles. The zero-order chi connectivity index (χ0) is 20.9. The van der Waals surface area contributed by atoms with E-state index in [1.807, 2.05) is 5.57 Å². The number of ether oxygens (including phenoxy) is 2. The molecule has 2 heterocycles. The Morgan fingerprint density at radius 3 is 2.50 bits per heavy atom. The van der Waals surface area contributed by atoms with Gasteiger partial charge in [-0.1, -0.05) is 46.3 Å². The molecule has 6 rings (SSSR count). The summed E-state index contributed by atoms with van der Waals surface area (Å²) in [5.74, 6) is 5.20. The van der Waals surface area contributed by atoms with E-state index in [1.165, 1.54) is 51.4 Å². The summed E-state index contributed by atoms with van der Waals surface area (Å²) in [6.45, 7) is 13.5. The lowest BCUT2D eigenvalue weighted by Crippen LogP contribution is -2.52. The van der Waals surface area contributed by atoms with Gasteiger partial charge in [0, 0.05) is 12.3 Å². The second-order valence-corrected chi connectivity index (χ2v) is 13.1. The molecular weight excluding hydrogens is 368 g/mol. The van der Waals surface area contributed by atoms with E-state index in [1.54, 1.807) is 0 Å². The smallest absolute Gasteiger partial charge is 0.171 e. The summed E-state index contributed by atoms with van der Waals surface area (Å²) in [5.41, 5.74) is 2.77. The molecule has 168 valence electrons. The third-order valence-electron chi connectivity index (χ3n) is 11.6. The lowest BCUT2D eigenvalue weighted by Gasteiger charge is -2.58. The molecule has 6 aliphatic rings. The Morgan fingerprint density at radius 1 is 0.933 bits per heavy atom. The van der Waals surface area contributed by atoms with Gasteiger partial charge < -0.3 is 9.47 Å². The van der Waals surface area contributed by atoms with Gasteiger partial charge in [-0.15, -0.1) is 0 Å². The maximum Gasteiger partial charge on any atom is 0.171 e. The van der Waals surface area contributed by atoms with E-state index in [4.69, 9.17) is 9.47 Å². The molecule has 0 N–H and O–H groups in total. The monoisotopic (exact) mass is 412 g/mol. The quantitative estimate of drug-likeness (QED) is 0.399. The molecule has 4 aliphatic carbocycles. The highest BCUT2D eigenvalue weighted by Gasteiger charge is 2.68. The molecule has 2 saturated heterocycles. The minimum atomic E-state index is -0.266. The molecule has 0 aromatic carbocycles. The molecular formula is C28H44O2. The van der Waals surface area contributed by atoms with Crippen molar-refractivity contribution >= 4 is 0 Å². The molecule has 0 aromatic rings. The summed E-state index contributed by atoms with van der Waals surface area (Å²) >= 11 is 0. The van der Waals surface area contributed by atoms with Crippen molar-refractivity contribution in [3.63, 3.8) is 0 Å². The summed E-state index contributed by atoms with van der Waals surface area (Å²) in [4.78, 5) is 0. The van der Waals surface area contributed by atoms with Gasteiger partial charge in [0.05, 0.1) is 12.7 Å². The number of rotatable bonds is 0. The van der Waals surface area contributed by atoms with Crippen LogP contribution in [0.3, 0.4) is 0 Å². The molecule has 2 heteroatoms. The predicted octanol–water partition coefficient (Wildman–Crippen LogP) is 6.99. The van der Waals surface area contributed by atoms with Crippen LogP contribution in [0, 0.1) is 52.3 Å². The third-order valence-corrected chi connectivity index (χ3v) is 11.6. The normalized spacial score (nSPS) is 59.8. The Labute approximate surface area is 184 Å². The van der Waals surface area contributed by atoms with Crippen molar-refractivity contribution in [1.82, 2.24) is 0 Å². The minimum absolute atomic E-state index is 0.266. The zero-order valence-corrected chi connectivity index (χ0v) is 20.1. The van der Waals surface area contributed by atoms with Gasteiger partial charge in [0.15, 0.2) is 5.79 Å². The average molecular weight is 413 g/mol. The van der Waals surface area contributed by atoms with Crippen LogP contribution in [0.2, 0.25) is 0 Å². The van der Waals surface area contributed by atoms with Gasteiger partial charge in [-0.05, 0) is 97.7 Å². The van der Waals surface area contributed by atoms with Gasteiger partial charge >= 0.3 is 0 Å². The van der Waals surface area contributed by atoms with Gasteiger partial charge in [-0.25, -0.2) is 0 Å². The Hall–Kier alpha value is -0.340. The zero-order valence-electron chi connectivity index (χ0n) is 20.1. The number of hydrogen-bond acceptors (Lipinski definition) is 2. The van der Waals surface area contributed by atoms with E-state index < -0.39 is 0 Å². The third kappa shape index (κ3) is 2.56. The van der Waals surface area contributed by atoms with Crippen LogP contribution in [0.1, 0.15) is 92.4 Å². The highest BCUT2D eigenvalue weighted by atomic mass is 16.7. The van der Waals surface area contributed by atoms with E-state index >= 15 is 0 Å². The molecule has 8 unspecified atom stereocenters. The number of fused-ring (bicyclic) bond motifs is 7. The Balaban J connectivity index is 1.28. The van der Waals surface area contributed by atoms with Crippen LogP contribution in [-0.4, -0.2) is 18.5 Å². The lowest BCUT2D eigenvalue weighted by molar-refractivity contribution is -0.272. The topological polar surface area (TPSA) is 18.5 Å². The SMILES string of the molecule is CC1CCC2(OC1)OC1CC3C4CC=C5CC(C)CC[C@]5(C)C4CC[C@]3(C)C1[C@@H]2C. The van der Waals surface area contributed by atoms with Crippen LogP contribution >= 0.6 is 0 Å². The molecule has 0 amide bonds. The molecule has 1 spiro atoms. The highest BCUT2D eigenvalue weighted by molar-refractivity contribution is 5.26. The minimum Gasteiger partial charge on any atom is -0.349 e. The first-order chi connectivity index (χ1) is 14.3. The first-order valence-electron chi connectivity index (χ1n) is 13.3. The van der Waals surface area contributed by atoms with E-state index in [9.17, 15) is 0 Å². The molecule has 2 aliphatic heterocycles. The van der Waals surface area contributed by atoms with Gasteiger partial charge in [0.1, 0.15) is 0 Å². The van der Waals surface area contributed by atoms with Crippen molar-refractivity contribution in [2.45, 2.75) is 104 Å². The summed E-state index contributed by atoms with van der Waals surface area (Å²) in [5, 5.41) is 0. The molecule has 5 fully saturated rings. The van der Waals surface area contributed by atoms with Crippen molar-refractivity contribution in [2.75, 3.05) is 6.61 Å². The van der Waals surface area contributed by atoms with Crippen LogP contribution in [0.15, 0.2) is 11.6 Å². The molecule has 0 bridgehead atoms. The van der Waals surface area contributed by atoms with Crippen molar-refractivity contribution < 1.29 is 9.47 Å². The Kier molecular flexibility index (Phi) is 4.46. The van der Waals surface area contributed by atoms with Crippen molar-refractivity contribution in [3.05, 3.63) is 11.6 Å². The molecule has 2 nitrogen and oxygen atoms in total. The van der Waals surface area contributed by atoms with E-state index in [0.717, 1.165) is 36.7 Å². The first-order valence-corrected chi connectivity index (χ1v) is 13.3. The fraction of sp³-hybridized carbons (Fsp3) is 0.929. The highest BCUT2D eigenvalue weighted by Crippen LogP contribution is 2.70. The summed E-state index contributed by atoms with van der Waals surface area (Å²) in [6, 6.07) is 0. The van der Waals surface area contributed by atoms with Gasteiger partial charge in [0.2, 0.25) is 0 Å². The fourth-order valence-electron chi connectivity index (χ4n) is 9.86. The number of allylic oxidation sites excluding steroid dienone is 2. The molecule has 0 aromatic heterocycles. The van der Waals surface area contributed by atoms with Gasteiger partial charge in [0.25, 0.3) is 0 Å². The first kappa shape index (κ1) is 20.3. The lowest BCUT2D eigenvalue weighted by atomic mass is 9.46. The van der Waals surface area contributed by atoms with Crippen LogP contribution in [0.4, 0.5) is 0 Å². The van der Waals surface area contributed by atoms with Gasteiger partial charge in [-0.3, -0.25) is 0 Å². The van der Waals surface area contributed by atoms with Crippen LogP contribution < -0.4 is 0 Å². The van der Waals surface area contributed by atoms with Gasteiger partial charge in [-0.2, -0.15) is 0 Å². The fourth-order valence-corrected chi connectivity index (χ4v) is 9.86. The van der Waals surface area contributed by atoms with Crippen LogP contribution in [-0.2, 0) is 9.47 Å². The summed E-state index contributed by atoms with van der Waals surface area (Å²) in [7, 11) is 0. The second-order valence-electron chi connectivity index (χ2n) is 13.1. The van der Waals surface area contributed by atoms with Crippen LogP contribution in [0.25, 0.3) is 0 Å². The van der Waals surface area contributed by atoms with E-state index in [2.05, 4.69) is 40.7 Å². The van der Waals surface area contributed by atoms with Crippen molar-refractivity contribution in [2.24, 2.45) is 52.3 Å². The van der Waals surface area contributed by atoms with Crippen LogP contribution in [0.5, 0.6) is 0 Å². The molecule has 0 radical (unpaired) electrons. The standard InChI is InChI=1S/C28H44O2/c1-17-8-11-26(4)20(14-17)6-7-21-22(26)10-12-27(5)23(21)15-24-25(27)19(3)28(30-24)13-9-18(2)16-29-28/h6,17-19,21-25H,7-16H2,1-5H3/t17?,18?,19-,21?,22?,23?,24?,25?,26-,27-,28?/m0/s1. The molecule has 11 atom stereocenters. The summed E-state index contributed by atoms with van der Waals surface area (Å²) in [6.07, 6.45) is 15.3. The summed E-state index contributed by atoms with van der Waals surface area (Å²) < 4.78 is 13.4. The maximum absolute atomic E-state index is 6.92.